The van der Waals surface area contributed by atoms with Crippen LogP contribution in [0, 0.1) is 0 Å². The Bertz CT molecular complexity index is 1050. The van der Waals surface area contributed by atoms with Gasteiger partial charge in [-0.25, -0.2) is 0 Å². The average Bonchev–Trinajstić information content (AvgIpc) is 3.60. The third kappa shape index (κ3) is 5.86. The quantitative estimate of drug-likeness (QED) is 0.563. The molecule has 1 aliphatic heterocycles. The van der Waals surface area contributed by atoms with E-state index >= 15 is 0 Å². The molecule has 2 aliphatic rings. The molecule has 9 heteroatoms. The molecule has 2 aromatic carbocycles. The second kappa shape index (κ2) is 10.8. The first kappa shape index (κ1) is 25.3. The fourth-order valence-electron chi connectivity index (χ4n) is 4.26. The largest absolute Gasteiger partial charge is 0.374 e. The van der Waals surface area contributed by atoms with Crippen molar-refractivity contribution >= 4 is 46.6 Å². The van der Waals surface area contributed by atoms with Crippen molar-refractivity contribution in [2.24, 2.45) is 0 Å². The molecule has 2 aromatic rings. The molecule has 34 heavy (non-hydrogen) atoms. The lowest BCUT2D eigenvalue weighted by atomic mass is 9.94. The van der Waals surface area contributed by atoms with Crippen LogP contribution in [0.25, 0.3) is 0 Å². The van der Waals surface area contributed by atoms with Gasteiger partial charge in [0.05, 0.1) is 18.6 Å². The Morgan fingerprint density at radius 3 is 2.38 bits per heavy atom. The molecule has 182 valence electrons. The number of hydrogen-bond donors (Lipinski definition) is 1. The van der Waals surface area contributed by atoms with Crippen LogP contribution < -0.4 is 5.32 Å². The van der Waals surface area contributed by atoms with Gasteiger partial charge in [0.25, 0.3) is 0 Å². The molecule has 2 amide bonds. The zero-order chi connectivity index (χ0) is 24.3. The van der Waals surface area contributed by atoms with Crippen molar-refractivity contribution in [2.75, 3.05) is 39.8 Å². The minimum atomic E-state index is -0.793. The third-order valence-corrected chi connectivity index (χ3v) is 7.27. The number of benzene rings is 2. The molecule has 1 N–H and O–H groups in total. The van der Waals surface area contributed by atoms with Gasteiger partial charge in [0.1, 0.15) is 6.04 Å². The number of ether oxygens (including phenoxy) is 1. The van der Waals surface area contributed by atoms with E-state index in [0.29, 0.717) is 41.0 Å². The molecule has 1 saturated carbocycles. The molecule has 0 unspecified atom stereocenters. The first-order valence-electron chi connectivity index (χ1n) is 11.3. The number of rotatable bonds is 8. The standard InChI is InChI=1S/C25H28Cl3N3O3/c1-30-9-11-31(12-10-30)23(32)22(16-34-15-17-3-2-4-18(26)13-17)29-24(33)25(7-8-25)20-6-5-19(27)14-21(20)28/h2-6,13-14,22H,7-12,15-16H2,1H3,(H,29,33)/t22-/m0/s1. The van der Waals surface area contributed by atoms with Crippen LogP contribution in [0.1, 0.15) is 24.0 Å². The van der Waals surface area contributed by atoms with Crippen molar-refractivity contribution in [1.29, 1.82) is 0 Å². The number of hydrogen-bond acceptors (Lipinski definition) is 4. The van der Waals surface area contributed by atoms with Gasteiger partial charge >= 0.3 is 0 Å². The number of piperazine rings is 1. The smallest absolute Gasteiger partial charge is 0.247 e. The highest BCUT2D eigenvalue weighted by Crippen LogP contribution is 2.51. The third-order valence-electron chi connectivity index (χ3n) is 6.49. The summed E-state index contributed by atoms with van der Waals surface area (Å²) in [7, 11) is 2.03. The predicted molar refractivity (Wildman–Crippen MR) is 134 cm³/mol. The zero-order valence-electron chi connectivity index (χ0n) is 19.0. The number of likely N-dealkylation sites (N-methyl/N-ethyl adjacent to an activating group) is 1. The van der Waals surface area contributed by atoms with Crippen LogP contribution in [-0.4, -0.2) is 67.5 Å². The van der Waals surface area contributed by atoms with Crippen LogP contribution in [0.5, 0.6) is 0 Å². The molecule has 1 aliphatic carbocycles. The fourth-order valence-corrected chi connectivity index (χ4v) is 5.06. The summed E-state index contributed by atoms with van der Waals surface area (Å²) >= 11 is 18.5. The Kier molecular flexibility index (Phi) is 8.05. The van der Waals surface area contributed by atoms with Crippen molar-refractivity contribution in [3.8, 4) is 0 Å². The normalized spacial score (nSPS) is 18.4. The van der Waals surface area contributed by atoms with Crippen molar-refractivity contribution in [2.45, 2.75) is 30.9 Å². The number of carbonyl (C=O) groups excluding carboxylic acids is 2. The van der Waals surface area contributed by atoms with Crippen molar-refractivity contribution < 1.29 is 14.3 Å². The zero-order valence-corrected chi connectivity index (χ0v) is 21.3. The molecule has 1 atom stereocenters. The van der Waals surface area contributed by atoms with Gasteiger partial charge in [-0.3, -0.25) is 9.59 Å². The maximum Gasteiger partial charge on any atom is 0.247 e. The molecule has 1 heterocycles. The van der Waals surface area contributed by atoms with Gasteiger partial charge in [0, 0.05) is 41.2 Å². The number of carbonyl (C=O) groups is 2. The van der Waals surface area contributed by atoms with Gasteiger partial charge in [-0.15, -0.1) is 0 Å². The van der Waals surface area contributed by atoms with Crippen LogP contribution in [0.3, 0.4) is 0 Å². The van der Waals surface area contributed by atoms with E-state index in [-0.39, 0.29) is 25.0 Å². The van der Waals surface area contributed by atoms with Gasteiger partial charge in [-0.05, 0) is 55.3 Å². The molecule has 0 bridgehead atoms. The number of nitrogens with one attached hydrogen (secondary N) is 1. The molecule has 0 radical (unpaired) electrons. The van der Waals surface area contributed by atoms with Crippen molar-refractivity contribution in [3.63, 3.8) is 0 Å². The predicted octanol–water partition coefficient (Wildman–Crippen LogP) is 4.15. The second-order valence-corrected chi connectivity index (χ2v) is 10.3. The molecular weight excluding hydrogens is 497 g/mol. The number of nitrogens with zero attached hydrogens (tertiary/aromatic N) is 2. The minimum Gasteiger partial charge on any atom is -0.374 e. The van der Waals surface area contributed by atoms with Gasteiger partial charge in [0.2, 0.25) is 11.8 Å². The average molecular weight is 525 g/mol. The highest BCUT2D eigenvalue weighted by molar-refractivity contribution is 6.35. The van der Waals surface area contributed by atoms with E-state index in [1.54, 1.807) is 29.2 Å². The van der Waals surface area contributed by atoms with Gasteiger partial charge in [-0.2, -0.15) is 0 Å². The highest BCUT2D eigenvalue weighted by atomic mass is 35.5. The first-order valence-corrected chi connectivity index (χ1v) is 12.5. The van der Waals surface area contributed by atoms with E-state index in [4.69, 9.17) is 39.5 Å². The maximum atomic E-state index is 13.4. The molecule has 0 aromatic heterocycles. The summed E-state index contributed by atoms with van der Waals surface area (Å²) in [5.74, 6) is -0.346. The summed E-state index contributed by atoms with van der Waals surface area (Å²) in [5, 5.41) is 4.57. The lowest BCUT2D eigenvalue weighted by Gasteiger charge is -2.35. The summed E-state index contributed by atoms with van der Waals surface area (Å²) in [6.45, 7) is 3.17. The summed E-state index contributed by atoms with van der Waals surface area (Å²) in [6, 6.07) is 11.7. The Morgan fingerprint density at radius 1 is 1.03 bits per heavy atom. The van der Waals surface area contributed by atoms with Gasteiger partial charge in [0.15, 0.2) is 0 Å². The molecule has 4 rings (SSSR count). The summed E-state index contributed by atoms with van der Waals surface area (Å²) in [6.07, 6.45) is 1.33. The molecule has 1 saturated heterocycles. The summed E-state index contributed by atoms with van der Waals surface area (Å²) < 4.78 is 5.87. The van der Waals surface area contributed by atoms with E-state index in [2.05, 4.69) is 10.2 Å². The molecule has 0 spiro atoms. The Hall–Kier alpha value is -1.83. The Labute approximate surface area is 215 Å². The molecule has 2 fully saturated rings. The van der Waals surface area contributed by atoms with Crippen molar-refractivity contribution in [3.05, 3.63) is 68.7 Å². The lowest BCUT2D eigenvalue weighted by Crippen LogP contribution is -2.56. The van der Waals surface area contributed by atoms with Gasteiger partial charge in [-0.1, -0.05) is 53.0 Å². The van der Waals surface area contributed by atoms with E-state index in [1.165, 1.54) is 0 Å². The van der Waals surface area contributed by atoms with Crippen molar-refractivity contribution in [1.82, 2.24) is 15.1 Å². The summed E-state index contributed by atoms with van der Waals surface area (Å²) in [5.41, 5.74) is 0.896. The minimum absolute atomic E-state index is 0.0633. The van der Waals surface area contributed by atoms with E-state index in [1.807, 2.05) is 25.2 Å². The molecule has 6 nitrogen and oxygen atoms in total. The SMILES string of the molecule is CN1CCN(C(=O)[C@H](COCc2cccc(Cl)c2)NC(=O)C2(c3ccc(Cl)cc3Cl)CC2)CC1. The lowest BCUT2D eigenvalue weighted by molar-refractivity contribution is -0.140. The Balaban J connectivity index is 1.47. The van der Waals surface area contributed by atoms with Crippen LogP contribution in [0.15, 0.2) is 42.5 Å². The highest BCUT2D eigenvalue weighted by Gasteiger charge is 2.53. The van der Waals surface area contributed by atoms with Gasteiger partial charge < -0.3 is 19.9 Å². The van der Waals surface area contributed by atoms with E-state index in [9.17, 15) is 9.59 Å². The topological polar surface area (TPSA) is 61.9 Å². The first-order chi connectivity index (χ1) is 16.3. The maximum absolute atomic E-state index is 13.4. The summed E-state index contributed by atoms with van der Waals surface area (Å²) in [4.78, 5) is 30.8. The fraction of sp³-hybridized carbons (Fsp3) is 0.440. The number of halogens is 3. The Morgan fingerprint density at radius 2 is 1.74 bits per heavy atom. The molecular formula is C25H28Cl3N3O3. The van der Waals surface area contributed by atoms with Crippen LogP contribution >= 0.6 is 34.8 Å². The number of amides is 2. The second-order valence-electron chi connectivity index (χ2n) is 9.01. The van der Waals surface area contributed by atoms with E-state index in [0.717, 1.165) is 24.2 Å². The van der Waals surface area contributed by atoms with Crippen LogP contribution in [0.2, 0.25) is 15.1 Å². The van der Waals surface area contributed by atoms with Crippen LogP contribution in [-0.2, 0) is 26.3 Å². The van der Waals surface area contributed by atoms with E-state index < -0.39 is 11.5 Å². The monoisotopic (exact) mass is 523 g/mol. The van der Waals surface area contributed by atoms with Crippen LogP contribution in [0.4, 0.5) is 0 Å².